The zero-order valence-electron chi connectivity index (χ0n) is 22.6. The van der Waals surface area contributed by atoms with Gasteiger partial charge in [0.15, 0.2) is 0 Å². The van der Waals surface area contributed by atoms with E-state index in [-0.39, 0.29) is 0 Å². The third kappa shape index (κ3) is 15.2. The fraction of sp³-hybridized carbons (Fsp3) is 0.933. The molecule has 1 atom stereocenters. The van der Waals surface area contributed by atoms with Crippen molar-refractivity contribution in [1.82, 2.24) is 9.80 Å². The molecule has 0 spiro atoms. The third-order valence-electron chi connectivity index (χ3n) is 7.28. The summed E-state index contributed by atoms with van der Waals surface area (Å²) in [6.07, 6.45) is 36.7. The SMILES string of the molecule is CCCCCCCCCCCCCCCCCN1C=CN(CCC)C1CCCCCCC. The van der Waals surface area contributed by atoms with Gasteiger partial charge in [-0.2, -0.15) is 0 Å². The topological polar surface area (TPSA) is 6.48 Å². The van der Waals surface area contributed by atoms with Crippen LogP contribution in [0.15, 0.2) is 12.4 Å². The summed E-state index contributed by atoms with van der Waals surface area (Å²) < 4.78 is 0. The van der Waals surface area contributed by atoms with E-state index < -0.39 is 0 Å². The van der Waals surface area contributed by atoms with Gasteiger partial charge >= 0.3 is 0 Å². The van der Waals surface area contributed by atoms with Crippen LogP contribution in [0.2, 0.25) is 0 Å². The van der Waals surface area contributed by atoms with Crippen molar-refractivity contribution in [2.24, 2.45) is 0 Å². The molecule has 190 valence electrons. The van der Waals surface area contributed by atoms with Gasteiger partial charge in [-0.25, -0.2) is 0 Å². The van der Waals surface area contributed by atoms with Crippen molar-refractivity contribution in [3.8, 4) is 0 Å². The van der Waals surface area contributed by atoms with Gasteiger partial charge in [-0.05, 0) is 25.7 Å². The first-order valence-electron chi connectivity index (χ1n) is 15.0. The molecule has 0 N–H and O–H groups in total. The first kappa shape index (κ1) is 29.4. The maximum absolute atomic E-state index is 2.65. The Labute approximate surface area is 203 Å². The second kappa shape index (κ2) is 22.1. The molecule has 1 aliphatic rings. The normalized spacial score (nSPS) is 15.9. The summed E-state index contributed by atoms with van der Waals surface area (Å²) in [5, 5.41) is 0. The highest BCUT2D eigenvalue weighted by atomic mass is 15.4. The Kier molecular flexibility index (Phi) is 20.3. The quantitative estimate of drug-likeness (QED) is 0.135. The second-order valence-electron chi connectivity index (χ2n) is 10.4. The van der Waals surface area contributed by atoms with Gasteiger partial charge in [-0.1, -0.05) is 136 Å². The lowest BCUT2D eigenvalue weighted by Crippen LogP contribution is -2.39. The largest absolute Gasteiger partial charge is 0.356 e. The summed E-state index contributed by atoms with van der Waals surface area (Å²) in [6.45, 7) is 9.39. The van der Waals surface area contributed by atoms with Crippen LogP contribution in [0.25, 0.3) is 0 Å². The van der Waals surface area contributed by atoms with E-state index in [1.807, 2.05) is 0 Å². The van der Waals surface area contributed by atoms with E-state index in [1.165, 1.54) is 154 Å². The molecule has 0 saturated carbocycles. The highest BCUT2D eigenvalue weighted by Gasteiger charge is 2.24. The fourth-order valence-corrected chi connectivity index (χ4v) is 5.19. The van der Waals surface area contributed by atoms with Crippen LogP contribution in [0.5, 0.6) is 0 Å². The van der Waals surface area contributed by atoms with Crippen molar-refractivity contribution in [2.75, 3.05) is 13.1 Å². The minimum absolute atomic E-state index is 0.642. The number of hydrogen-bond donors (Lipinski definition) is 0. The lowest BCUT2D eigenvalue weighted by atomic mass is 10.0. The molecular formula is C30H60N2. The Morgan fingerprint density at radius 2 is 0.781 bits per heavy atom. The molecule has 32 heavy (non-hydrogen) atoms. The van der Waals surface area contributed by atoms with E-state index in [0.29, 0.717) is 6.17 Å². The lowest BCUT2D eigenvalue weighted by Gasteiger charge is -2.33. The molecule has 0 aromatic carbocycles. The average molecular weight is 449 g/mol. The van der Waals surface area contributed by atoms with Gasteiger partial charge in [-0.3, -0.25) is 0 Å². The number of rotatable bonds is 24. The zero-order chi connectivity index (χ0) is 23.1. The minimum Gasteiger partial charge on any atom is -0.356 e. The third-order valence-corrected chi connectivity index (χ3v) is 7.28. The van der Waals surface area contributed by atoms with Gasteiger partial charge < -0.3 is 9.80 Å². The number of nitrogens with zero attached hydrogens (tertiary/aromatic N) is 2. The van der Waals surface area contributed by atoms with Crippen LogP contribution in [0.4, 0.5) is 0 Å². The summed E-state index contributed by atoms with van der Waals surface area (Å²) in [4.78, 5) is 5.25. The van der Waals surface area contributed by atoms with Crippen LogP contribution in [0.3, 0.4) is 0 Å². The first-order valence-corrected chi connectivity index (χ1v) is 15.0. The zero-order valence-corrected chi connectivity index (χ0v) is 22.6. The van der Waals surface area contributed by atoms with Crippen molar-refractivity contribution in [2.45, 2.75) is 168 Å². The summed E-state index contributed by atoms with van der Waals surface area (Å²) in [5.74, 6) is 0. The Bertz CT molecular complexity index is 406. The van der Waals surface area contributed by atoms with Crippen LogP contribution >= 0.6 is 0 Å². The predicted octanol–water partition coefficient (Wildman–Crippen LogP) is 10.0. The van der Waals surface area contributed by atoms with E-state index in [2.05, 4.69) is 43.0 Å². The molecule has 1 aliphatic heterocycles. The predicted molar refractivity (Wildman–Crippen MR) is 145 cm³/mol. The Hall–Kier alpha value is -0.660. The summed E-state index contributed by atoms with van der Waals surface area (Å²) >= 11 is 0. The van der Waals surface area contributed by atoms with Crippen LogP contribution < -0.4 is 0 Å². The van der Waals surface area contributed by atoms with Crippen LogP contribution in [0, 0.1) is 0 Å². The fourth-order valence-electron chi connectivity index (χ4n) is 5.19. The molecule has 0 bridgehead atoms. The van der Waals surface area contributed by atoms with Crippen molar-refractivity contribution in [3.63, 3.8) is 0 Å². The van der Waals surface area contributed by atoms with Crippen LogP contribution in [-0.4, -0.2) is 29.1 Å². The van der Waals surface area contributed by atoms with E-state index >= 15 is 0 Å². The van der Waals surface area contributed by atoms with Crippen molar-refractivity contribution < 1.29 is 0 Å². The summed E-state index contributed by atoms with van der Waals surface area (Å²) in [5.41, 5.74) is 0. The highest BCUT2D eigenvalue weighted by Crippen LogP contribution is 2.23. The van der Waals surface area contributed by atoms with Crippen molar-refractivity contribution >= 4 is 0 Å². The standard InChI is InChI=1S/C30H60N2/c1-4-7-9-11-12-13-14-15-16-17-18-19-20-22-24-27-32-29-28-31(26-6-3)30(32)25-23-21-10-8-5-2/h28-30H,4-27H2,1-3H3. The van der Waals surface area contributed by atoms with Crippen molar-refractivity contribution in [1.29, 1.82) is 0 Å². The average Bonchev–Trinajstić information content (AvgIpc) is 3.18. The summed E-state index contributed by atoms with van der Waals surface area (Å²) in [6, 6.07) is 0. The van der Waals surface area contributed by atoms with Gasteiger partial charge in [0.2, 0.25) is 0 Å². The van der Waals surface area contributed by atoms with E-state index in [9.17, 15) is 0 Å². The monoisotopic (exact) mass is 448 g/mol. The molecule has 0 radical (unpaired) electrons. The minimum atomic E-state index is 0.642. The molecule has 0 aromatic heterocycles. The molecule has 1 heterocycles. The van der Waals surface area contributed by atoms with Gasteiger partial charge in [-0.15, -0.1) is 0 Å². The highest BCUT2D eigenvalue weighted by molar-refractivity contribution is 4.96. The van der Waals surface area contributed by atoms with Gasteiger partial charge in [0.1, 0.15) is 6.17 Å². The Morgan fingerprint density at radius 1 is 0.406 bits per heavy atom. The van der Waals surface area contributed by atoms with Crippen molar-refractivity contribution in [3.05, 3.63) is 12.4 Å². The van der Waals surface area contributed by atoms with E-state index in [4.69, 9.17) is 0 Å². The second-order valence-corrected chi connectivity index (χ2v) is 10.4. The molecular weight excluding hydrogens is 388 g/mol. The molecule has 2 heteroatoms. The first-order chi connectivity index (χ1) is 15.8. The summed E-state index contributed by atoms with van der Waals surface area (Å²) in [7, 11) is 0. The van der Waals surface area contributed by atoms with Gasteiger partial charge in [0, 0.05) is 25.5 Å². The van der Waals surface area contributed by atoms with Gasteiger partial charge in [0.05, 0.1) is 0 Å². The molecule has 0 saturated heterocycles. The van der Waals surface area contributed by atoms with Gasteiger partial charge in [0.25, 0.3) is 0 Å². The molecule has 0 amide bonds. The number of hydrogen-bond acceptors (Lipinski definition) is 2. The smallest absolute Gasteiger partial charge is 0.101 e. The van der Waals surface area contributed by atoms with Crippen LogP contribution in [0.1, 0.15) is 162 Å². The maximum Gasteiger partial charge on any atom is 0.101 e. The molecule has 0 aromatic rings. The molecule has 1 unspecified atom stereocenters. The van der Waals surface area contributed by atoms with E-state index in [1.54, 1.807) is 0 Å². The molecule has 0 aliphatic carbocycles. The van der Waals surface area contributed by atoms with E-state index in [0.717, 1.165) is 0 Å². The molecule has 0 fully saturated rings. The maximum atomic E-state index is 2.65. The lowest BCUT2D eigenvalue weighted by molar-refractivity contribution is 0.137. The molecule has 1 rings (SSSR count). The van der Waals surface area contributed by atoms with Crippen LogP contribution in [-0.2, 0) is 0 Å². The number of unbranched alkanes of at least 4 members (excludes halogenated alkanes) is 18. The molecule has 2 nitrogen and oxygen atoms in total. The Morgan fingerprint density at radius 3 is 1.22 bits per heavy atom. The Balaban J connectivity index is 1.98.